The Balaban J connectivity index is 2.16. The standard InChI is InChI=1S/C11H14F3NO3/c12-11(13,14)9(18)15-5-7(8(16)17)4-10(6-15)2-1-3-10/h7H,1-6H2,(H,16,17). The molecule has 1 spiro atoms. The highest BCUT2D eigenvalue weighted by Gasteiger charge is 2.51. The molecule has 0 aromatic rings. The Morgan fingerprint density at radius 2 is 1.89 bits per heavy atom. The number of carbonyl (C=O) groups is 2. The van der Waals surface area contributed by atoms with E-state index < -0.39 is 29.4 Å². The van der Waals surface area contributed by atoms with Gasteiger partial charge in [-0.1, -0.05) is 6.42 Å². The topological polar surface area (TPSA) is 57.6 Å². The summed E-state index contributed by atoms with van der Waals surface area (Å²) in [5, 5.41) is 8.97. The van der Waals surface area contributed by atoms with Gasteiger partial charge in [-0.15, -0.1) is 0 Å². The van der Waals surface area contributed by atoms with E-state index in [0.29, 0.717) is 24.2 Å². The largest absolute Gasteiger partial charge is 0.481 e. The molecule has 4 nitrogen and oxygen atoms in total. The highest BCUT2D eigenvalue weighted by molar-refractivity contribution is 5.83. The maximum Gasteiger partial charge on any atom is 0.471 e. The Morgan fingerprint density at radius 3 is 2.28 bits per heavy atom. The van der Waals surface area contributed by atoms with Crippen LogP contribution in [0.2, 0.25) is 0 Å². The predicted molar refractivity (Wildman–Crippen MR) is 54.7 cm³/mol. The first kappa shape index (κ1) is 13.2. The lowest BCUT2D eigenvalue weighted by Crippen LogP contribution is -2.56. The first-order chi connectivity index (χ1) is 8.23. The van der Waals surface area contributed by atoms with Crippen molar-refractivity contribution in [1.29, 1.82) is 0 Å². The van der Waals surface area contributed by atoms with Gasteiger partial charge in [-0.3, -0.25) is 9.59 Å². The number of likely N-dealkylation sites (tertiary alicyclic amines) is 1. The maximum absolute atomic E-state index is 12.4. The second-order valence-corrected chi connectivity index (χ2v) is 5.28. The molecule has 2 aliphatic rings. The Hall–Kier alpha value is -1.27. The highest BCUT2D eigenvalue weighted by Crippen LogP contribution is 2.49. The molecule has 0 aromatic carbocycles. The summed E-state index contributed by atoms with van der Waals surface area (Å²) >= 11 is 0. The lowest BCUT2D eigenvalue weighted by molar-refractivity contribution is -0.192. The van der Waals surface area contributed by atoms with Gasteiger partial charge in [0.2, 0.25) is 0 Å². The second-order valence-electron chi connectivity index (χ2n) is 5.28. The number of nitrogens with zero attached hydrogens (tertiary/aromatic N) is 1. The van der Waals surface area contributed by atoms with Crippen LogP contribution in [0.25, 0.3) is 0 Å². The fourth-order valence-corrected chi connectivity index (χ4v) is 2.93. The lowest BCUT2D eigenvalue weighted by Gasteiger charge is -2.50. The molecule has 102 valence electrons. The van der Waals surface area contributed by atoms with E-state index in [1.165, 1.54) is 0 Å². The van der Waals surface area contributed by atoms with Gasteiger partial charge in [0.1, 0.15) is 0 Å². The van der Waals surface area contributed by atoms with E-state index in [2.05, 4.69) is 0 Å². The van der Waals surface area contributed by atoms with E-state index in [9.17, 15) is 22.8 Å². The maximum atomic E-state index is 12.4. The van der Waals surface area contributed by atoms with Gasteiger partial charge < -0.3 is 10.0 Å². The molecule has 1 heterocycles. The van der Waals surface area contributed by atoms with Gasteiger partial charge in [0.15, 0.2) is 0 Å². The van der Waals surface area contributed by atoms with Crippen LogP contribution < -0.4 is 0 Å². The van der Waals surface area contributed by atoms with Crippen LogP contribution in [0.15, 0.2) is 0 Å². The van der Waals surface area contributed by atoms with Crippen molar-refractivity contribution in [3.05, 3.63) is 0 Å². The van der Waals surface area contributed by atoms with E-state index in [1.807, 2.05) is 0 Å². The molecule has 0 bridgehead atoms. The molecule has 1 saturated carbocycles. The average Bonchev–Trinajstić information content (AvgIpc) is 2.24. The zero-order chi connectivity index (χ0) is 13.6. The number of carboxylic acids is 1. The zero-order valence-corrected chi connectivity index (χ0v) is 9.66. The Bertz CT molecular complexity index is 376. The van der Waals surface area contributed by atoms with Crippen LogP contribution in [0.3, 0.4) is 0 Å². The number of hydrogen-bond acceptors (Lipinski definition) is 2. The Morgan fingerprint density at radius 1 is 1.28 bits per heavy atom. The van der Waals surface area contributed by atoms with Gasteiger partial charge >= 0.3 is 18.1 Å². The summed E-state index contributed by atoms with van der Waals surface area (Å²) in [6.07, 6.45) is -2.24. The number of aliphatic carboxylic acids is 1. The van der Waals surface area contributed by atoms with Gasteiger partial charge in [0, 0.05) is 13.1 Å². The number of amides is 1. The van der Waals surface area contributed by atoms with Gasteiger partial charge in [-0.2, -0.15) is 13.2 Å². The summed E-state index contributed by atoms with van der Waals surface area (Å²) in [7, 11) is 0. The molecule has 1 N–H and O–H groups in total. The normalized spacial score (nSPS) is 26.8. The van der Waals surface area contributed by atoms with Gasteiger partial charge in [0.25, 0.3) is 0 Å². The SMILES string of the molecule is O=C(O)C1CN(C(=O)C(F)(F)F)CC2(CCC2)C1. The number of halogens is 3. The molecule has 2 rings (SSSR count). The summed E-state index contributed by atoms with van der Waals surface area (Å²) in [5.41, 5.74) is -0.401. The summed E-state index contributed by atoms with van der Waals surface area (Å²) in [6, 6.07) is 0. The number of carbonyl (C=O) groups excluding carboxylic acids is 1. The minimum Gasteiger partial charge on any atom is -0.481 e. The fourth-order valence-electron chi connectivity index (χ4n) is 2.93. The van der Waals surface area contributed by atoms with Gasteiger partial charge in [0.05, 0.1) is 5.92 Å². The van der Waals surface area contributed by atoms with Crippen molar-refractivity contribution in [1.82, 2.24) is 4.90 Å². The van der Waals surface area contributed by atoms with Crippen molar-refractivity contribution in [2.24, 2.45) is 11.3 Å². The van der Waals surface area contributed by atoms with Crippen LogP contribution in [0.4, 0.5) is 13.2 Å². The second kappa shape index (κ2) is 4.13. The van der Waals surface area contributed by atoms with Gasteiger partial charge in [-0.05, 0) is 24.7 Å². The molecule has 1 aliphatic heterocycles. The summed E-state index contributed by atoms with van der Waals surface area (Å²) < 4.78 is 37.2. The monoisotopic (exact) mass is 265 g/mol. The van der Waals surface area contributed by atoms with Crippen LogP contribution in [-0.4, -0.2) is 41.1 Å². The highest BCUT2D eigenvalue weighted by atomic mass is 19.4. The summed E-state index contributed by atoms with van der Waals surface area (Å²) in [5.74, 6) is -3.92. The zero-order valence-electron chi connectivity index (χ0n) is 9.66. The lowest BCUT2D eigenvalue weighted by atomic mass is 9.62. The number of hydrogen-bond donors (Lipinski definition) is 1. The number of piperidine rings is 1. The molecule has 18 heavy (non-hydrogen) atoms. The van der Waals surface area contributed by atoms with Crippen LogP contribution in [-0.2, 0) is 9.59 Å². The molecule has 7 heteroatoms. The van der Waals surface area contributed by atoms with E-state index in [0.717, 1.165) is 6.42 Å². The van der Waals surface area contributed by atoms with Crippen molar-refractivity contribution in [3.8, 4) is 0 Å². The third-order valence-corrected chi connectivity index (χ3v) is 3.94. The smallest absolute Gasteiger partial charge is 0.471 e. The molecular formula is C11H14F3NO3. The molecule has 1 saturated heterocycles. The minimum atomic E-state index is -4.93. The van der Waals surface area contributed by atoms with Crippen molar-refractivity contribution < 1.29 is 27.9 Å². The number of carboxylic acid groups (broad SMARTS) is 1. The molecule has 2 fully saturated rings. The molecule has 1 aliphatic carbocycles. The van der Waals surface area contributed by atoms with Crippen molar-refractivity contribution in [3.63, 3.8) is 0 Å². The van der Waals surface area contributed by atoms with E-state index in [1.54, 1.807) is 0 Å². The quantitative estimate of drug-likeness (QED) is 0.784. The van der Waals surface area contributed by atoms with Crippen molar-refractivity contribution in [2.45, 2.75) is 31.9 Å². The van der Waals surface area contributed by atoms with Crippen molar-refractivity contribution in [2.75, 3.05) is 13.1 Å². The van der Waals surface area contributed by atoms with E-state index in [4.69, 9.17) is 5.11 Å². The van der Waals surface area contributed by atoms with Crippen molar-refractivity contribution >= 4 is 11.9 Å². The first-order valence-electron chi connectivity index (χ1n) is 5.82. The van der Waals surface area contributed by atoms with Crippen LogP contribution in [0.5, 0.6) is 0 Å². The minimum absolute atomic E-state index is 0.0368. The molecule has 1 unspecified atom stereocenters. The van der Waals surface area contributed by atoms with Crippen LogP contribution >= 0.6 is 0 Å². The molecule has 0 aromatic heterocycles. The van der Waals surface area contributed by atoms with Crippen LogP contribution in [0.1, 0.15) is 25.7 Å². The first-order valence-corrected chi connectivity index (χ1v) is 5.82. The van der Waals surface area contributed by atoms with E-state index in [-0.39, 0.29) is 13.1 Å². The summed E-state index contributed by atoms with van der Waals surface area (Å²) in [6.45, 7) is -0.301. The number of alkyl halides is 3. The Labute approximate surface area is 102 Å². The molecular weight excluding hydrogens is 251 g/mol. The van der Waals surface area contributed by atoms with E-state index >= 15 is 0 Å². The molecule has 1 atom stereocenters. The third-order valence-electron chi connectivity index (χ3n) is 3.94. The predicted octanol–water partition coefficient (Wildman–Crippen LogP) is 1.65. The fraction of sp³-hybridized carbons (Fsp3) is 0.818. The summed E-state index contributed by atoms with van der Waals surface area (Å²) in [4.78, 5) is 22.9. The average molecular weight is 265 g/mol. The third kappa shape index (κ3) is 2.30. The molecule has 1 amide bonds. The van der Waals surface area contributed by atoms with Gasteiger partial charge in [-0.25, -0.2) is 0 Å². The Kier molecular flexibility index (Phi) is 3.03. The molecule has 0 radical (unpaired) electrons. The van der Waals surface area contributed by atoms with Crippen LogP contribution in [0, 0.1) is 11.3 Å². The number of rotatable bonds is 1.